The lowest BCUT2D eigenvalue weighted by Gasteiger charge is -2.10. The Bertz CT molecular complexity index is 292. The summed E-state index contributed by atoms with van der Waals surface area (Å²) < 4.78 is 8.16. The molecular formula is C9H13BrN2O. The smallest absolute Gasteiger partial charge is 0.171 e. The van der Waals surface area contributed by atoms with E-state index >= 15 is 0 Å². The molecule has 1 aliphatic carbocycles. The first-order valence-electron chi connectivity index (χ1n) is 4.60. The van der Waals surface area contributed by atoms with Crippen molar-refractivity contribution in [2.75, 3.05) is 7.11 Å². The molecule has 1 aliphatic rings. The minimum Gasteiger partial charge on any atom is -0.492 e. The molecule has 0 atom stereocenters. The van der Waals surface area contributed by atoms with E-state index in [0.717, 1.165) is 10.4 Å². The van der Waals surface area contributed by atoms with Gasteiger partial charge in [-0.2, -0.15) is 5.10 Å². The molecule has 1 heterocycles. The van der Waals surface area contributed by atoms with Gasteiger partial charge in [0.2, 0.25) is 0 Å². The molecule has 1 fully saturated rings. The standard InChI is InChI=1S/C9H13BrN2O/c1-13-8-6-11-12(9(8)10)7-4-2-3-5-7/h6-7H,2-5H2,1H3. The van der Waals surface area contributed by atoms with Gasteiger partial charge < -0.3 is 4.74 Å². The molecule has 0 aromatic carbocycles. The summed E-state index contributed by atoms with van der Waals surface area (Å²) >= 11 is 3.50. The highest BCUT2D eigenvalue weighted by molar-refractivity contribution is 9.10. The van der Waals surface area contributed by atoms with Crippen LogP contribution >= 0.6 is 15.9 Å². The molecule has 1 saturated carbocycles. The van der Waals surface area contributed by atoms with Crippen molar-refractivity contribution in [1.82, 2.24) is 9.78 Å². The summed E-state index contributed by atoms with van der Waals surface area (Å²) in [6.07, 6.45) is 6.88. The molecule has 0 saturated heterocycles. The van der Waals surface area contributed by atoms with Crippen LogP contribution in [0.15, 0.2) is 10.8 Å². The molecule has 0 spiro atoms. The molecule has 0 bridgehead atoms. The van der Waals surface area contributed by atoms with Crippen molar-refractivity contribution in [2.45, 2.75) is 31.7 Å². The van der Waals surface area contributed by atoms with Gasteiger partial charge in [0, 0.05) is 0 Å². The summed E-state index contributed by atoms with van der Waals surface area (Å²) in [5.74, 6) is 0.826. The molecule has 0 aliphatic heterocycles. The van der Waals surface area contributed by atoms with Gasteiger partial charge >= 0.3 is 0 Å². The third kappa shape index (κ3) is 1.59. The first-order chi connectivity index (χ1) is 6.33. The van der Waals surface area contributed by atoms with Crippen molar-refractivity contribution in [3.8, 4) is 5.75 Å². The number of ether oxygens (including phenoxy) is 1. The van der Waals surface area contributed by atoms with Crippen LogP contribution in [-0.4, -0.2) is 16.9 Å². The van der Waals surface area contributed by atoms with Gasteiger partial charge in [-0.05, 0) is 28.8 Å². The van der Waals surface area contributed by atoms with E-state index in [4.69, 9.17) is 4.74 Å². The summed E-state index contributed by atoms with van der Waals surface area (Å²) in [5.41, 5.74) is 0. The lowest BCUT2D eigenvalue weighted by Crippen LogP contribution is -2.06. The van der Waals surface area contributed by atoms with Crippen LogP contribution in [0.2, 0.25) is 0 Å². The lowest BCUT2D eigenvalue weighted by molar-refractivity contribution is 0.404. The first-order valence-corrected chi connectivity index (χ1v) is 5.39. The third-order valence-corrected chi connectivity index (χ3v) is 3.35. The van der Waals surface area contributed by atoms with Gasteiger partial charge in [0.1, 0.15) is 4.60 Å². The van der Waals surface area contributed by atoms with Crippen molar-refractivity contribution in [2.24, 2.45) is 0 Å². The van der Waals surface area contributed by atoms with E-state index in [1.165, 1.54) is 25.7 Å². The average molecular weight is 245 g/mol. The van der Waals surface area contributed by atoms with E-state index in [-0.39, 0.29) is 0 Å². The number of rotatable bonds is 2. The monoisotopic (exact) mass is 244 g/mol. The minimum atomic E-state index is 0.568. The van der Waals surface area contributed by atoms with Gasteiger partial charge in [-0.25, -0.2) is 0 Å². The highest BCUT2D eigenvalue weighted by atomic mass is 79.9. The number of hydrogen-bond donors (Lipinski definition) is 0. The fraction of sp³-hybridized carbons (Fsp3) is 0.667. The van der Waals surface area contributed by atoms with Crippen LogP contribution in [0.5, 0.6) is 5.75 Å². The topological polar surface area (TPSA) is 27.1 Å². The Morgan fingerprint density at radius 1 is 1.54 bits per heavy atom. The number of aromatic nitrogens is 2. The summed E-state index contributed by atoms with van der Waals surface area (Å²) in [6.45, 7) is 0. The molecule has 3 nitrogen and oxygen atoms in total. The van der Waals surface area contributed by atoms with Gasteiger partial charge in [0.25, 0.3) is 0 Å². The lowest BCUT2D eigenvalue weighted by atomic mass is 10.3. The van der Waals surface area contributed by atoms with E-state index < -0.39 is 0 Å². The van der Waals surface area contributed by atoms with E-state index in [2.05, 4.69) is 21.0 Å². The predicted octanol–water partition coefficient (Wildman–Crippen LogP) is 2.77. The Labute approximate surface area is 86.2 Å². The number of nitrogens with zero attached hydrogens (tertiary/aromatic N) is 2. The zero-order valence-electron chi connectivity index (χ0n) is 7.66. The Morgan fingerprint density at radius 3 is 2.77 bits per heavy atom. The molecule has 0 amide bonds. The predicted molar refractivity (Wildman–Crippen MR) is 54.0 cm³/mol. The molecular weight excluding hydrogens is 232 g/mol. The third-order valence-electron chi connectivity index (χ3n) is 2.59. The Hall–Kier alpha value is -0.510. The van der Waals surface area contributed by atoms with Crippen LogP contribution in [0.4, 0.5) is 0 Å². The van der Waals surface area contributed by atoms with Crippen molar-refractivity contribution in [3.05, 3.63) is 10.8 Å². The summed E-state index contributed by atoms with van der Waals surface area (Å²) in [7, 11) is 1.67. The van der Waals surface area contributed by atoms with Crippen molar-refractivity contribution >= 4 is 15.9 Å². The zero-order chi connectivity index (χ0) is 9.26. The highest BCUT2D eigenvalue weighted by Crippen LogP contribution is 2.34. The highest BCUT2D eigenvalue weighted by Gasteiger charge is 2.21. The molecule has 13 heavy (non-hydrogen) atoms. The van der Waals surface area contributed by atoms with Crippen LogP contribution < -0.4 is 4.74 Å². The van der Waals surface area contributed by atoms with Gasteiger partial charge in [-0.15, -0.1) is 0 Å². The molecule has 1 aromatic heterocycles. The van der Waals surface area contributed by atoms with Crippen LogP contribution in [0.25, 0.3) is 0 Å². The second kappa shape index (κ2) is 3.70. The maximum absolute atomic E-state index is 5.15. The summed E-state index contributed by atoms with van der Waals surface area (Å²) in [4.78, 5) is 0. The summed E-state index contributed by atoms with van der Waals surface area (Å²) in [6, 6.07) is 0.568. The Morgan fingerprint density at radius 2 is 2.23 bits per heavy atom. The average Bonchev–Trinajstić information content (AvgIpc) is 2.72. The van der Waals surface area contributed by atoms with Crippen molar-refractivity contribution in [1.29, 1.82) is 0 Å². The fourth-order valence-electron chi connectivity index (χ4n) is 1.87. The molecule has 1 aromatic rings. The number of halogens is 1. The normalized spacial score (nSPS) is 18.0. The van der Waals surface area contributed by atoms with Gasteiger partial charge in [-0.3, -0.25) is 4.68 Å². The van der Waals surface area contributed by atoms with Gasteiger partial charge in [0.05, 0.1) is 19.3 Å². The van der Waals surface area contributed by atoms with Crippen LogP contribution in [0.1, 0.15) is 31.7 Å². The second-order valence-corrected chi connectivity index (χ2v) is 4.14. The van der Waals surface area contributed by atoms with Crippen LogP contribution in [-0.2, 0) is 0 Å². The quantitative estimate of drug-likeness (QED) is 0.801. The Kier molecular flexibility index (Phi) is 2.58. The number of methoxy groups -OCH3 is 1. The molecule has 0 N–H and O–H groups in total. The van der Waals surface area contributed by atoms with E-state index in [1.807, 2.05) is 4.68 Å². The SMILES string of the molecule is COc1cnn(C2CCCC2)c1Br. The van der Waals surface area contributed by atoms with E-state index in [1.54, 1.807) is 13.3 Å². The minimum absolute atomic E-state index is 0.568. The molecule has 72 valence electrons. The molecule has 4 heteroatoms. The maximum atomic E-state index is 5.15. The molecule has 2 rings (SSSR count). The Balaban J connectivity index is 2.24. The van der Waals surface area contributed by atoms with Gasteiger partial charge in [-0.1, -0.05) is 12.8 Å². The largest absolute Gasteiger partial charge is 0.492 e. The van der Waals surface area contributed by atoms with Crippen molar-refractivity contribution in [3.63, 3.8) is 0 Å². The number of hydrogen-bond acceptors (Lipinski definition) is 2. The van der Waals surface area contributed by atoms with Crippen LogP contribution in [0, 0.1) is 0 Å². The molecule has 0 unspecified atom stereocenters. The van der Waals surface area contributed by atoms with Crippen molar-refractivity contribution < 1.29 is 4.74 Å². The van der Waals surface area contributed by atoms with E-state index in [9.17, 15) is 0 Å². The summed E-state index contributed by atoms with van der Waals surface area (Å²) in [5, 5.41) is 4.31. The fourth-order valence-corrected chi connectivity index (χ4v) is 2.52. The second-order valence-electron chi connectivity index (χ2n) is 3.39. The first kappa shape index (κ1) is 9.06. The molecule has 0 radical (unpaired) electrons. The zero-order valence-corrected chi connectivity index (χ0v) is 9.25. The van der Waals surface area contributed by atoms with Crippen LogP contribution in [0.3, 0.4) is 0 Å². The van der Waals surface area contributed by atoms with Gasteiger partial charge in [0.15, 0.2) is 5.75 Å². The maximum Gasteiger partial charge on any atom is 0.171 e. The van der Waals surface area contributed by atoms with E-state index in [0.29, 0.717) is 6.04 Å².